The lowest BCUT2D eigenvalue weighted by Crippen LogP contribution is -2.15. The molecular weight excluding hydrogens is 411 g/mol. The highest BCUT2D eigenvalue weighted by Crippen LogP contribution is 2.33. The van der Waals surface area contributed by atoms with E-state index in [0.29, 0.717) is 5.56 Å². The third-order valence-electron chi connectivity index (χ3n) is 3.35. The first-order chi connectivity index (χ1) is 11.9. The predicted molar refractivity (Wildman–Crippen MR) is 96.2 cm³/mol. The van der Waals surface area contributed by atoms with E-state index < -0.39 is 17.7 Å². The van der Waals surface area contributed by atoms with Gasteiger partial charge in [0.05, 0.1) is 23.1 Å². The number of halogens is 2. The van der Waals surface area contributed by atoms with Gasteiger partial charge in [0.25, 0.3) is 0 Å². The Bertz CT molecular complexity index is 874. The van der Waals surface area contributed by atoms with Gasteiger partial charge >= 0.3 is 5.97 Å². The standard InChI is InChI=1S/C17H14BrFN2O3S/c1-3-24-17(23)15-9(2)11(8-20)16(25-15)21-13(22)7-10-5-4-6-12(18)14(10)19/h4-6H,3,7H2,1-2H3,(H,21,22). The van der Waals surface area contributed by atoms with Crippen LogP contribution in [0.3, 0.4) is 0 Å². The van der Waals surface area contributed by atoms with Crippen molar-refractivity contribution in [1.29, 1.82) is 5.26 Å². The number of anilines is 1. The Hall–Kier alpha value is -2.24. The van der Waals surface area contributed by atoms with Crippen molar-refractivity contribution in [2.45, 2.75) is 20.3 Å². The fourth-order valence-corrected chi connectivity index (χ4v) is 3.63. The van der Waals surface area contributed by atoms with Gasteiger partial charge in [0.2, 0.25) is 5.91 Å². The molecule has 1 aromatic heterocycles. The number of benzene rings is 1. The van der Waals surface area contributed by atoms with E-state index in [-0.39, 0.29) is 38.5 Å². The molecule has 130 valence electrons. The van der Waals surface area contributed by atoms with Crippen molar-refractivity contribution in [2.75, 3.05) is 11.9 Å². The number of carbonyl (C=O) groups is 2. The summed E-state index contributed by atoms with van der Waals surface area (Å²) in [6.07, 6.45) is -0.193. The van der Waals surface area contributed by atoms with Gasteiger partial charge in [-0.2, -0.15) is 5.26 Å². The Labute approximate surface area is 156 Å². The highest BCUT2D eigenvalue weighted by Gasteiger charge is 2.22. The van der Waals surface area contributed by atoms with E-state index in [9.17, 15) is 19.2 Å². The SMILES string of the molecule is CCOC(=O)c1sc(NC(=O)Cc2cccc(Br)c2F)c(C#N)c1C. The van der Waals surface area contributed by atoms with Crippen molar-refractivity contribution < 1.29 is 18.7 Å². The molecule has 0 bridgehead atoms. The number of nitrogens with one attached hydrogen (secondary N) is 1. The number of ether oxygens (including phenoxy) is 1. The average molecular weight is 425 g/mol. The molecule has 1 aromatic carbocycles. The lowest BCUT2D eigenvalue weighted by molar-refractivity contribution is -0.115. The van der Waals surface area contributed by atoms with Crippen molar-refractivity contribution in [1.82, 2.24) is 0 Å². The summed E-state index contributed by atoms with van der Waals surface area (Å²) in [4.78, 5) is 24.4. The number of esters is 1. The molecule has 0 aliphatic carbocycles. The highest BCUT2D eigenvalue weighted by molar-refractivity contribution is 9.10. The van der Waals surface area contributed by atoms with E-state index >= 15 is 0 Å². The number of nitriles is 1. The van der Waals surface area contributed by atoms with Crippen molar-refractivity contribution >= 4 is 44.1 Å². The Balaban J connectivity index is 2.23. The maximum Gasteiger partial charge on any atom is 0.348 e. The van der Waals surface area contributed by atoms with Crippen LogP contribution in [0, 0.1) is 24.1 Å². The Morgan fingerprint density at radius 1 is 1.44 bits per heavy atom. The maximum atomic E-state index is 14.0. The summed E-state index contributed by atoms with van der Waals surface area (Å²) >= 11 is 4.04. The van der Waals surface area contributed by atoms with Crippen LogP contribution in [-0.4, -0.2) is 18.5 Å². The summed E-state index contributed by atoms with van der Waals surface area (Å²) in [5.74, 6) is -1.53. The fourth-order valence-electron chi connectivity index (χ4n) is 2.16. The molecule has 0 saturated heterocycles. The molecule has 0 unspecified atom stereocenters. The minimum Gasteiger partial charge on any atom is -0.462 e. The minimum atomic E-state index is -0.542. The van der Waals surface area contributed by atoms with Crippen LogP contribution in [0.2, 0.25) is 0 Å². The third kappa shape index (κ3) is 4.24. The zero-order valence-electron chi connectivity index (χ0n) is 13.5. The molecule has 2 rings (SSSR count). The van der Waals surface area contributed by atoms with Crippen LogP contribution in [0.1, 0.15) is 33.3 Å². The summed E-state index contributed by atoms with van der Waals surface area (Å²) in [7, 11) is 0. The van der Waals surface area contributed by atoms with E-state index in [2.05, 4.69) is 21.2 Å². The van der Waals surface area contributed by atoms with Crippen molar-refractivity contribution in [3.8, 4) is 6.07 Å². The Morgan fingerprint density at radius 3 is 2.80 bits per heavy atom. The van der Waals surface area contributed by atoms with Gasteiger partial charge in [-0.15, -0.1) is 11.3 Å². The summed E-state index contributed by atoms with van der Waals surface area (Å²) in [6, 6.07) is 6.66. The van der Waals surface area contributed by atoms with E-state index in [1.54, 1.807) is 26.0 Å². The van der Waals surface area contributed by atoms with E-state index in [1.807, 2.05) is 6.07 Å². The molecule has 0 atom stereocenters. The Kier molecular flexibility index (Phi) is 6.28. The summed E-state index contributed by atoms with van der Waals surface area (Å²) in [5.41, 5.74) is 0.885. The largest absolute Gasteiger partial charge is 0.462 e. The third-order valence-corrected chi connectivity index (χ3v) is 5.15. The molecular formula is C17H14BrFN2O3S. The topological polar surface area (TPSA) is 79.2 Å². The predicted octanol–water partition coefficient (Wildman–Crippen LogP) is 4.19. The second-order valence-corrected chi connectivity index (χ2v) is 6.91. The maximum absolute atomic E-state index is 14.0. The fraction of sp³-hybridized carbons (Fsp3) is 0.235. The smallest absolute Gasteiger partial charge is 0.348 e. The second kappa shape index (κ2) is 8.23. The van der Waals surface area contributed by atoms with Gasteiger partial charge in [0, 0.05) is 0 Å². The van der Waals surface area contributed by atoms with Gasteiger partial charge in [0.1, 0.15) is 21.8 Å². The summed E-state index contributed by atoms with van der Waals surface area (Å²) in [5, 5.41) is 12.1. The molecule has 1 heterocycles. The van der Waals surface area contributed by atoms with Crippen molar-refractivity contribution in [3.63, 3.8) is 0 Å². The second-order valence-electron chi connectivity index (χ2n) is 5.03. The number of nitrogens with zero attached hydrogens (tertiary/aromatic N) is 1. The van der Waals surface area contributed by atoms with E-state index in [0.717, 1.165) is 11.3 Å². The van der Waals surface area contributed by atoms with Gasteiger partial charge in [-0.25, -0.2) is 9.18 Å². The zero-order valence-corrected chi connectivity index (χ0v) is 15.9. The van der Waals surface area contributed by atoms with Gasteiger partial charge in [0.15, 0.2) is 0 Å². The Morgan fingerprint density at radius 2 is 2.16 bits per heavy atom. The number of hydrogen-bond donors (Lipinski definition) is 1. The normalized spacial score (nSPS) is 10.2. The molecule has 0 fully saturated rings. The average Bonchev–Trinajstić information content (AvgIpc) is 2.87. The molecule has 1 amide bonds. The van der Waals surface area contributed by atoms with Crippen LogP contribution in [-0.2, 0) is 16.0 Å². The molecule has 5 nitrogen and oxygen atoms in total. The summed E-state index contributed by atoms with van der Waals surface area (Å²) < 4.78 is 19.2. The van der Waals surface area contributed by atoms with Gasteiger partial charge in [-0.3, -0.25) is 4.79 Å². The van der Waals surface area contributed by atoms with Crippen LogP contribution in [0.4, 0.5) is 9.39 Å². The van der Waals surface area contributed by atoms with Gasteiger partial charge in [-0.05, 0) is 47.0 Å². The molecule has 0 saturated carbocycles. The summed E-state index contributed by atoms with van der Waals surface area (Å²) in [6.45, 7) is 3.51. The molecule has 8 heteroatoms. The lowest BCUT2D eigenvalue weighted by atomic mass is 10.1. The number of rotatable bonds is 5. The quantitative estimate of drug-likeness (QED) is 0.729. The molecule has 2 aromatic rings. The number of thiophene rings is 1. The molecule has 0 aliphatic rings. The van der Waals surface area contributed by atoms with Gasteiger partial charge in [-0.1, -0.05) is 12.1 Å². The molecule has 0 aliphatic heterocycles. The van der Waals surface area contributed by atoms with Crippen molar-refractivity contribution in [3.05, 3.63) is 50.1 Å². The van der Waals surface area contributed by atoms with Crippen LogP contribution in [0.15, 0.2) is 22.7 Å². The molecule has 0 spiro atoms. The monoisotopic (exact) mass is 424 g/mol. The molecule has 25 heavy (non-hydrogen) atoms. The van der Waals surface area contributed by atoms with Crippen molar-refractivity contribution in [2.24, 2.45) is 0 Å². The lowest BCUT2D eigenvalue weighted by Gasteiger charge is -2.05. The first-order valence-electron chi connectivity index (χ1n) is 7.32. The van der Waals surface area contributed by atoms with Gasteiger partial charge < -0.3 is 10.1 Å². The van der Waals surface area contributed by atoms with E-state index in [1.165, 1.54) is 6.07 Å². The first kappa shape index (κ1) is 19.1. The minimum absolute atomic E-state index is 0.193. The van der Waals surface area contributed by atoms with E-state index in [4.69, 9.17) is 4.74 Å². The molecule has 1 N–H and O–H groups in total. The molecule has 0 radical (unpaired) electrons. The van der Waals surface area contributed by atoms with Crippen LogP contribution in [0.5, 0.6) is 0 Å². The number of carbonyl (C=O) groups excluding carboxylic acids is 2. The van der Waals surface area contributed by atoms with Crippen LogP contribution >= 0.6 is 27.3 Å². The number of amides is 1. The number of hydrogen-bond acceptors (Lipinski definition) is 5. The first-order valence-corrected chi connectivity index (χ1v) is 8.93. The van der Waals surface area contributed by atoms with Crippen LogP contribution < -0.4 is 5.32 Å². The highest BCUT2D eigenvalue weighted by atomic mass is 79.9. The zero-order chi connectivity index (χ0) is 18.6. The van der Waals surface area contributed by atoms with Crippen LogP contribution in [0.25, 0.3) is 0 Å².